The quantitative estimate of drug-likeness (QED) is 0.190. The molecule has 0 bridgehead atoms. The van der Waals surface area contributed by atoms with Crippen molar-refractivity contribution in [3.63, 3.8) is 0 Å². The number of aryl methyl sites for hydroxylation is 2. The number of β-amino-alcohol motifs (C(OH)–C–C–N with tert-alkyl or cyclic N) is 1. The molecule has 46 heavy (non-hydrogen) atoms. The lowest BCUT2D eigenvalue weighted by Crippen LogP contribution is -2.51. The van der Waals surface area contributed by atoms with Crippen LogP contribution in [0.3, 0.4) is 0 Å². The normalized spacial score (nSPS) is 15.0. The molecule has 0 aliphatic heterocycles. The highest BCUT2D eigenvalue weighted by Gasteiger charge is 2.41. The Bertz CT molecular complexity index is 1450. The number of amides is 2. The van der Waals surface area contributed by atoms with Crippen LogP contribution in [-0.4, -0.2) is 74.9 Å². The van der Waals surface area contributed by atoms with Gasteiger partial charge in [0.05, 0.1) is 24.9 Å². The predicted octanol–water partition coefficient (Wildman–Crippen LogP) is 6.06. The summed E-state index contributed by atoms with van der Waals surface area (Å²) in [4.78, 5) is 31.8. The molecule has 3 aromatic rings. The minimum atomic E-state index is -0.740. The number of carbonyl (C=O) groups is 2. The van der Waals surface area contributed by atoms with E-state index in [4.69, 9.17) is 0 Å². The maximum Gasteiger partial charge on any atom is 0.254 e. The van der Waals surface area contributed by atoms with E-state index in [2.05, 4.69) is 6.92 Å². The average molecular weight is 629 g/mol. The Morgan fingerprint density at radius 1 is 0.848 bits per heavy atom. The minimum Gasteiger partial charge on any atom is -0.395 e. The summed E-state index contributed by atoms with van der Waals surface area (Å²) in [5, 5.41) is 31.1. The summed E-state index contributed by atoms with van der Waals surface area (Å²) in [6, 6.07) is 23.1. The van der Waals surface area contributed by atoms with Gasteiger partial charge in [0.25, 0.3) is 11.8 Å². The van der Waals surface area contributed by atoms with Crippen LogP contribution >= 0.6 is 0 Å². The fraction of sp³-hybridized carbons (Fsp3) is 0.487. The van der Waals surface area contributed by atoms with Gasteiger partial charge in [0, 0.05) is 29.8 Å². The van der Waals surface area contributed by atoms with Crippen LogP contribution in [0.4, 0.5) is 0 Å². The van der Waals surface area contributed by atoms with Gasteiger partial charge in [0.1, 0.15) is 0 Å². The highest BCUT2D eigenvalue weighted by molar-refractivity contribution is 5.97. The Morgan fingerprint density at radius 2 is 1.50 bits per heavy atom. The van der Waals surface area contributed by atoms with Gasteiger partial charge in [-0.1, -0.05) is 86.0 Å². The Hall–Kier alpha value is -3.52. The highest BCUT2D eigenvalue weighted by Crippen LogP contribution is 2.39. The average Bonchev–Trinajstić information content (AvgIpc) is 3.56. The molecule has 1 fully saturated rings. The standard InChI is InChI=1S/C39H52N2O5/c1-5-39(21-11-12-22-39)41(24-26-43)36(45)34-16-10-9-13-30(34)19-20-33(44)28-31-18-17-29(2)27-35(31)37(46)40(23-25-42)38(3,4)32-14-7-6-8-15-32/h6-10,13-18,27,33,42-44H,5,11-12,19-26,28H2,1-4H3/t33-/m1/s1. The third-order valence-corrected chi connectivity index (χ3v) is 10.0. The fourth-order valence-electron chi connectivity index (χ4n) is 7.22. The number of benzene rings is 3. The molecule has 1 atom stereocenters. The molecule has 0 radical (unpaired) electrons. The van der Waals surface area contributed by atoms with Gasteiger partial charge in [-0.2, -0.15) is 0 Å². The van der Waals surface area contributed by atoms with Gasteiger partial charge in [-0.05, 0) is 88.1 Å². The van der Waals surface area contributed by atoms with Gasteiger partial charge in [-0.15, -0.1) is 0 Å². The first-order chi connectivity index (χ1) is 22.1. The lowest BCUT2D eigenvalue weighted by atomic mass is 9.89. The van der Waals surface area contributed by atoms with Crippen LogP contribution in [0, 0.1) is 6.92 Å². The number of hydrogen-bond acceptors (Lipinski definition) is 5. The second kappa shape index (κ2) is 15.9. The largest absolute Gasteiger partial charge is 0.395 e. The van der Waals surface area contributed by atoms with Crippen molar-refractivity contribution in [2.75, 3.05) is 26.3 Å². The summed E-state index contributed by atoms with van der Waals surface area (Å²) < 4.78 is 0. The molecular formula is C39H52N2O5. The van der Waals surface area contributed by atoms with E-state index in [-0.39, 0.29) is 43.5 Å². The van der Waals surface area contributed by atoms with Crippen LogP contribution in [0.15, 0.2) is 72.8 Å². The molecule has 3 N–H and O–H groups in total. The molecule has 248 valence electrons. The zero-order valence-electron chi connectivity index (χ0n) is 28.0. The van der Waals surface area contributed by atoms with Crippen molar-refractivity contribution in [2.45, 2.75) is 96.2 Å². The SMILES string of the molecule is CCC1(N(CCO)C(=O)c2ccccc2CC[C@@H](O)Cc2ccc(C)cc2C(=O)N(CCO)C(C)(C)c2ccccc2)CCCC1. The van der Waals surface area contributed by atoms with E-state index in [0.717, 1.165) is 54.4 Å². The van der Waals surface area contributed by atoms with Crippen LogP contribution in [-0.2, 0) is 18.4 Å². The van der Waals surface area contributed by atoms with Gasteiger partial charge in [0.15, 0.2) is 0 Å². The van der Waals surface area contributed by atoms with E-state index in [1.54, 1.807) is 4.90 Å². The van der Waals surface area contributed by atoms with Gasteiger partial charge in [0.2, 0.25) is 0 Å². The first-order valence-electron chi connectivity index (χ1n) is 16.8. The number of rotatable bonds is 15. The summed E-state index contributed by atoms with van der Waals surface area (Å²) in [7, 11) is 0. The monoisotopic (exact) mass is 628 g/mol. The summed E-state index contributed by atoms with van der Waals surface area (Å²) in [5.41, 5.74) is 3.78. The molecule has 0 heterocycles. The number of aliphatic hydroxyl groups excluding tert-OH is 3. The van der Waals surface area contributed by atoms with Crippen molar-refractivity contribution in [1.82, 2.24) is 9.80 Å². The molecule has 0 unspecified atom stereocenters. The molecule has 1 aliphatic carbocycles. The summed E-state index contributed by atoms with van der Waals surface area (Å²) >= 11 is 0. The molecule has 2 amide bonds. The molecule has 7 nitrogen and oxygen atoms in total. The first-order valence-corrected chi connectivity index (χ1v) is 16.8. The van der Waals surface area contributed by atoms with Crippen LogP contribution < -0.4 is 0 Å². The molecule has 7 heteroatoms. The van der Waals surface area contributed by atoms with Crippen molar-refractivity contribution in [2.24, 2.45) is 0 Å². The molecule has 1 saturated carbocycles. The second-order valence-electron chi connectivity index (χ2n) is 13.3. The topological polar surface area (TPSA) is 101 Å². The minimum absolute atomic E-state index is 0.0562. The molecule has 1 aliphatic rings. The van der Waals surface area contributed by atoms with Gasteiger partial charge >= 0.3 is 0 Å². The van der Waals surface area contributed by atoms with Gasteiger partial charge < -0.3 is 25.1 Å². The van der Waals surface area contributed by atoms with Gasteiger partial charge in [-0.3, -0.25) is 9.59 Å². The maximum atomic E-state index is 14.2. The smallest absolute Gasteiger partial charge is 0.254 e. The summed E-state index contributed by atoms with van der Waals surface area (Å²) in [6.45, 7) is 8.27. The van der Waals surface area contributed by atoms with Crippen LogP contribution in [0.2, 0.25) is 0 Å². The van der Waals surface area contributed by atoms with E-state index in [0.29, 0.717) is 30.5 Å². The number of aliphatic hydroxyl groups is 3. The Labute approximate surface area is 274 Å². The van der Waals surface area contributed by atoms with E-state index in [9.17, 15) is 24.9 Å². The molecule has 0 aromatic heterocycles. The zero-order chi connectivity index (χ0) is 33.3. The van der Waals surface area contributed by atoms with Crippen LogP contribution in [0.1, 0.15) is 102 Å². The Kier molecular flexibility index (Phi) is 12.2. The highest BCUT2D eigenvalue weighted by atomic mass is 16.3. The summed E-state index contributed by atoms with van der Waals surface area (Å²) in [6.07, 6.45) is 5.39. The van der Waals surface area contributed by atoms with Crippen molar-refractivity contribution >= 4 is 11.8 Å². The maximum absolute atomic E-state index is 14.2. The van der Waals surface area contributed by atoms with E-state index in [1.165, 1.54) is 0 Å². The van der Waals surface area contributed by atoms with E-state index < -0.39 is 11.6 Å². The number of nitrogens with zero attached hydrogens (tertiary/aromatic N) is 2. The Balaban J connectivity index is 1.53. The lowest BCUT2D eigenvalue weighted by Gasteiger charge is -2.41. The predicted molar refractivity (Wildman–Crippen MR) is 183 cm³/mol. The second-order valence-corrected chi connectivity index (χ2v) is 13.3. The molecule has 3 aromatic carbocycles. The van der Waals surface area contributed by atoms with Gasteiger partial charge in [-0.25, -0.2) is 0 Å². The molecular weight excluding hydrogens is 576 g/mol. The van der Waals surface area contributed by atoms with E-state index >= 15 is 0 Å². The lowest BCUT2D eigenvalue weighted by molar-refractivity contribution is 0.0397. The third kappa shape index (κ3) is 7.88. The first kappa shape index (κ1) is 35.3. The van der Waals surface area contributed by atoms with Crippen molar-refractivity contribution < 1.29 is 24.9 Å². The van der Waals surface area contributed by atoms with Crippen molar-refractivity contribution in [1.29, 1.82) is 0 Å². The number of hydrogen-bond donors (Lipinski definition) is 3. The zero-order valence-corrected chi connectivity index (χ0v) is 28.0. The fourth-order valence-corrected chi connectivity index (χ4v) is 7.22. The summed E-state index contributed by atoms with van der Waals surface area (Å²) in [5.74, 6) is -0.246. The Morgan fingerprint density at radius 3 is 2.15 bits per heavy atom. The van der Waals surface area contributed by atoms with Crippen LogP contribution in [0.25, 0.3) is 0 Å². The number of carbonyl (C=O) groups excluding carboxylic acids is 2. The molecule has 0 spiro atoms. The molecule has 4 rings (SSSR count). The van der Waals surface area contributed by atoms with Crippen molar-refractivity contribution in [3.8, 4) is 0 Å². The van der Waals surface area contributed by atoms with Crippen LogP contribution in [0.5, 0.6) is 0 Å². The van der Waals surface area contributed by atoms with Crippen molar-refractivity contribution in [3.05, 3.63) is 106 Å². The van der Waals surface area contributed by atoms with E-state index in [1.807, 2.05) is 98.5 Å². The molecule has 0 saturated heterocycles. The third-order valence-electron chi connectivity index (χ3n) is 10.0.